The minimum absolute atomic E-state index is 0.0629. The number of rotatable bonds is 5. The number of piperidine rings is 1. The lowest BCUT2D eigenvalue weighted by molar-refractivity contribution is -0.137. The Morgan fingerprint density at radius 3 is 2.62 bits per heavy atom. The highest BCUT2D eigenvalue weighted by molar-refractivity contribution is 6.33. The van der Waals surface area contributed by atoms with Gasteiger partial charge in [-0.1, -0.05) is 11.6 Å². The van der Waals surface area contributed by atoms with E-state index in [-0.39, 0.29) is 24.8 Å². The van der Waals surface area contributed by atoms with Gasteiger partial charge < -0.3 is 15.3 Å². The van der Waals surface area contributed by atoms with Crippen LogP contribution in [0, 0.1) is 0 Å². The van der Waals surface area contributed by atoms with Gasteiger partial charge in [0, 0.05) is 24.7 Å². The van der Waals surface area contributed by atoms with E-state index in [1.54, 1.807) is 18.2 Å². The number of hydrogen-bond donors (Lipinski definition) is 2. The van der Waals surface area contributed by atoms with Crippen LogP contribution in [0.3, 0.4) is 0 Å². The highest BCUT2D eigenvalue weighted by Gasteiger charge is 2.31. The van der Waals surface area contributed by atoms with Gasteiger partial charge in [-0.2, -0.15) is 0 Å². The number of imide groups is 1. The van der Waals surface area contributed by atoms with Crippen molar-refractivity contribution in [3.63, 3.8) is 0 Å². The van der Waals surface area contributed by atoms with Crippen LogP contribution in [-0.2, 0) is 9.59 Å². The highest BCUT2D eigenvalue weighted by atomic mass is 35.5. The minimum atomic E-state index is -0.534. The Morgan fingerprint density at radius 2 is 1.92 bits per heavy atom. The van der Waals surface area contributed by atoms with Crippen LogP contribution >= 0.6 is 11.6 Å². The van der Waals surface area contributed by atoms with Gasteiger partial charge in [-0.25, -0.2) is 0 Å². The number of carbonyl (C=O) groups excluding carboxylic acids is 3. The van der Waals surface area contributed by atoms with Crippen LogP contribution in [0.1, 0.15) is 29.6 Å². The number of amides is 3. The van der Waals surface area contributed by atoms with Crippen molar-refractivity contribution in [2.24, 2.45) is 0 Å². The van der Waals surface area contributed by atoms with E-state index in [9.17, 15) is 14.4 Å². The second kappa shape index (κ2) is 7.88. The lowest BCUT2D eigenvalue weighted by Gasteiger charge is -2.27. The molecular weight excluding hydrogens is 358 g/mol. The van der Waals surface area contributed by atoms with Crippen LogP contribution in [0.4, 0.5) is 5.69 Å². The number of hydrogen-bond acceptors (Lipinski definition) is 5. The molecule has 0 radical (unpaired) electrons. The molecule has 8 heteroatoms. The average Bonchev–Trinajstić information content (AvgIpc) is 2.91. The van der Waals surface area contributed by atoms with E-state index in [0.717, 1.165) is 43.3 Å². The standard InChI is InChI=1S/C18H20ClN3O4/c19-13-5-4-12(17(25)21-6-2-1-3-7-21)10-14(13)20-15-11-16(24)22(8-9-23)18(15)26/h4-5,10-11,20,23H,1-3,6-9H2. The molecule has 7 nitrogen and oxygen atoms in total. The van der Waals surface area contributed by atoms with Gasteiger partial charge in [-0.05, 0) is 37.5 Å². The zero-order chi connectivity index (χ0) is 18.7. The largest absolute Gasteiger partial charge is 0.395 e. The summed E-state index contributed by atoms with van der Waals surface area (Å²) in [5.74, 6) is -1.11. The number of benzene rings is 1. The Kier molecular flexibility index (Phi) is 5.58. The van der Waals surface area contributed by atoms with Crippen molar-refractivity contribution in [2.45, 2.75) is 19.3 Å². The van der Waals surface area contributed by atoms with E-state index in [1.165, 1.54) is 0 Å². The maximum Gasteiger partial charge on any atom is 0.277 e. The Bertz CT molecular complexity index is 772. The van der Waals surface area contributed by atoms with Crippen LogP contribution in [-0.4, -0.2) is 58.9 Å². The summed E-state index contributed by atoms with van der Waals surface area (Å²) in [4.78, 5) is 39.4. The molecule has 1 aromatic rings. The third-order valence-electron chi connectivity index (χ3n) is 4.46. The fourth-order valence-electron chi connectivity index (χ4n) is 3.09. The number of halogens is 1. The van der Waals surface area contributed by atoms with Gasteiger partial charge in [0.05, 0.1) is 23.9 Å². The maximum absolute atomic E-state index is 12.6. The van der Waals surface area contributed by atoms with E-state index >= 15 is 0 Å². The number of carbonyl (C=O) groups is 3. The van der Waals surface area contributed by atoms with E-state index in [4.69, 9.17) is 16.7 Å². The molecule has 2 aliphatic heterocycles. The zero-order valence-electron chi connectivity index (χ0n) is 14.2. The first kappa shape index (κ1) is 18.4. The number of nitrogens with one attached hydrogen (secondary N) is 1. The smallest absolute Gasteiger partial charge is 0.277 e. The topological polar surface area (TPSA) is 90.0 Å². The number of anilines is 1. The lowest BCUT2D eigenvalue weighted by atomic mass is 10.1. The fraction of sp³-hybridized carbons (Fsp3) is 0.389. The summed E-state index contributed by atoms with van der Waals surface area (Å²) in [6, 6.07) is 4.83. The normalized spacial score (nSPS) is 17.5. The van der Waals surface area contributed by atoms with Crippen molar-refractivity contribution in [1.29, 1.82) is 0 Å². The Balaban J connectivity index is 1.78. The molecule has 0 spiro atoms. The molecule has 26 heavy (non-hydrogen) atoms. The predicted octanol–water partition coefficient (Wildman–Crippen LogP) is 1.62. The summed E-state index contributed by atoms with van der Waals surface area (Å²) in [5, 5.41) is 12.1. The van der Waals surface area contributed by atoms with Crippen molar-refractivity contribution in [3.8, 4) is 0 Å². The van der Waals surface area contributed by atoms with Crippen molar-refractivity contribution in [1.82, 2.24) is 9.80 Å². The third-order valence-corrected chi connectivity index (χ3v) is 4.79. The van der Waals surface area contributed by atoms with E-state index in [1.807, 2.05) is 4.90 Å². The molecule has 0 saturated carbocycles. The van der Waals surface area contributed by atoms with Crippen LogP contribution < -0.4 is 5.32 Å². The average molecular weight is 378 g/mol. The van der Waals surface area contributed by atoms with Crippen LogP contribution in [0.15, 0.2) is 30.0 Å². The number of aliphatic hydroxyl groups excluding tert-OH is 1. The maximum atomic E-state index is 12.6. The van der Waals surface area contributed by atoms with Crippen molar-refractivity contribution in [3.05, 3.63) is 40.6 Å². The SMILES string of the molecule is O=C(c1ccc(Cl)c(NC2=CC(=O)N(CCO)C2=O)c1)N1CCCCC1. The van der Waals surface area contributed by atoms with Gasteiger partial charge in [-0.3, -0.25) is 19.3 Å². The molecule has 0 bridgehead atoms. The van der Waals surface area contributed by atoms with Gasteiger partial charge in [0.2, 0.25) is 0 Å². The molecule has 0 unspecified atom stereocenters. The zero-order valence-corrected chi connectivity index (χ0v) is 15.0. The molecule has 1 aromatic carbocycles. The first-order valence-electron chi connectivity index (χ1n) is 8.55. The van der Waals surface area contributed by atoms with Crippen LogP contribution in [0.25, 0.3) is 0 Å². The fourth-order valence-corrected chi connectivity index (χ4v) is 3.25. The molecular formula is C18H20ClN3O4. The molecule has 1 saturated heterocycles. The van der Waals surface area contributed by atoms with Crippen molar-refractivity contribution < 1.29 is 19.5 Å². The molecule has 2 aliphatic rings. The molecule has 3 amide bonds. The molecule has 0 atom stereocenters. The van der Waals surface area contributed by atoms with Gasteiger partial charge in [0.1, 0.15) is 5.70 Å². The molecule has 0 aliphatic carbocycles. The molecule has 2 N–H and O–H groups in total. The number of nitrogens with zero attached hydrogens (tertiary/aromatic N) is 2. The molecule has 2 heterocycles. The van der Waals surface area contributed by atoms with Gasteiger partial charge in [-0.15, -0.1) is 0 Å². The quantitative estimate of drug-likeness (QED) is 0.761. The number of β-amino-alcohol motifs (C(OH)–C–C–N with tert-alkyl or cyclic N) is 1. The summed E-state index contributed by atoms with van der Waals surface area (Å²) in [6.45, 7) is 1.09. The van der Waals surface area contributed by atoms with Crippen LogP contribution in [0.2, 0.25) is 5.02 Å². The Hall–Kier alpha value is -2.38. The first-order chi connectivity index (χ1) is 12.5. The highest BCUT2D eigenvalue weighted by Crippen LogP contribution is 2.27. The van der Waals surface area contributed by atoms with E-state index in [0.29, 0.717) is 16.3 Å². The minimum Gasteiger partial charge on any atom is -0.395 e. The molecule has 1 fully saturated rings. The number of likely N-dealkylation sites (tertiary alicyclic amines) is 1. The van der Waals surface area contributed by atoms with Crippen molar-refractivity contribution >= 4 is 35.0 Å². The monoisotopic (exact) mass is 377 g/mol. The Labute approximate surface area is 156 Å². The summed E-state index contributed by atoms with van der Waals surface area (Å²) in [7, 11) is 0. The third kappa shape index (κ3) is 3.73. The van der Waals surface area contributed by atoms with Gasteiger partial charge in [0.15, 0.2) is 0 Å². The lowest BCUT2D eigenvalue weighted by Crippen LogP contribution is -2.35. The van der Waals surface area contributed by atoms with Gasteiger partial charge >= 0.3 is 0 Å². The molecule has 0 aromatic heterocycles. The molecule has 138 valence electrons. The Morgan fingerprint density at radius 1 is 1.19 bits per heavy atom. The second-order valence-corrected chi connectivity index (χ2v) is 6.66. The first-order valence-corrected chi connectivity index (χ1v) is 8.93. The van der Waals surface area contributed by atoms with E-state index in [2.05, 4.69) is 5.32 Å². The van der Waals surface area contributed by atoms with Gasteiger partial charge in [0.25, 0.3) is 17.7 Å². The summed E-state index contributed by atoms with van der Waals surface area (Å²) in [5.41, 5.74) is 0.920. The summed E-state index contributed by atoms with van der Waals surface area (Å²) < 4.78 is 0. The molecule has 3 rings (SSSR count). The van der Waals surface area contributed by atoms with Crippen LogP contribution in [0.5, 0.6) is 0 Å². The predicted molar refractivity (Wildman–Crippen MR) is 96.7 cm³/mol. The van der Waals surface area contributed by atoms with Crippen molar-refractivity contribution in [2.75, 3.05) is 31.6 Å². The summed E-state index contributed by atoms with van der Waals surface area (Å²) >= 11 is 6.18. The second-order valence-electron chi connectivity index (χ2n) is 6.25. The van der Waals surface area contributed by atoms with E-state index < -0.39 is 11.8 Å². The summed E-state index contributed by atoms with van der Waals surface area (Å²) in [6.07, 6.45) is 4.28. The number of aliphatic hydroxyl groups is 1.